The van der Waals surface area contributed by atoms with Crippen molar-refractivity contribution in [3.05, 3.63) is 29.7 Å². The second-order valence-electron chi connectivity index (χ2n) is 10.6. The number of hydrogen-bond acceptors (Lipinski definition) is 8. The number of aryl methyl sites for hydroxylation is 1. The van der Waals surface area contributed by atoms with Crippen LogP contribution >= 0.6 is 11.6 Å². The monoisotopic (exact) mass is 522 g/mol. The molecule has 36 heavy (non-hydrogen) atoms. The van der Waals surface area contributed by atoms with Gasteiger partial charge in [0.15, 0.2) is 16.5 Å². The highest BCUT2D eigenvalue weighted by Crippen LogP contribution is 2.48. The van der Waals surface area contributed by atoms with E-state index in [9.17, 15) is 19.8 Å². The minimum absolute atomic E-state index is 0.229. The Bertz CT molecular complexity index is 1130. The number of nitrogens with zero attached hydrogens (tertiary/aromatic N) is 1. The van der Waals surface area contributed by atoms with Crippen molar-refractivity contribution >= 4 is 34.4 Å². The van der Waals surface area contributed by atoms with Gasteiger partial charge in [0.1, 0.15) is 17.4 Å². The standard InChI is InChI=1S/C26H35ClN2O7/c1-13-23(32)14(2)34-9-8-26(27)21(36-26)11-17(16-6-7-19-18(10-16)28-15(3)35-19)29-22(31)12-20(30)25(4,5)24(13)33/h6-7,10,13-14,17,20-21,23,30,32H,8-9,11-12H2,1-5H3,(H,29,31). The summed E-state index contributed by atoms with van der Waals surface area (Å²) in [6.07, 6.45) is -2.81. The molecule has 10 heteroatoms. The van der Waals surface area contributed by atoms with Crippen LogP contribution in [-0.2, 0) is 19.1 Å². The van der Waals surface area contributed by atoms with Crippen LogP contribution in [0.4, 0.5) is 0 Å². The maximum absolute atomic E-state index is 13.2. The normalized spacial score (nSPS) is 36.3. The van der Waals surface area contributed by atoms with Crippen molar-refractivity contribution in [3.63, 3.8) is 0 Å². The molecule has 0 aliphatic carbocycles. The number of ketones is 1. The van der Waals surface area contributed by atoms with E-state index in [1.54, 1.807) is 40.7 Å². The number of rotatable bonds is 1. The fourth-order valence-corrected chi connectivity index (χ4v) is 5.17. The molecule has 0 bridgehead atoms. The van der Waals surface area contributed by atoms with Crippen LogP contribution in [0.5, 0.6) is 0 Å². The Morgan fingerprint density at radius 2 is 1.92 bits per heavy atom. The summed E-state index contributed by atoms with van der Waals surface area (Å²) in [5.41, 5.74) is 0.850. The van der Waals surface area contributed by atoms with Crippen molar-refractivity contribution in [2.45, 2.75) is 89.4 Å². The first-order valence-corrected chi connectivity index (χ1v) is 12.7. The van der Waals surface area contributed by atoms with Crippen LogP contribution in [0.25, 0.3) is 11.1 Å². The van der Waals surface area contributed by atoms with Crippen molar-refractivity contribution < 1.29 is 33.7 Å². The molecule has 2 aromatic rings. The Labute approximate surface area is 215 Å². The van der Waals surface area contributed by atoms with Crippen LogP contribution in [0.3, 0.4) is 0 Å². The summed E-state index contributed by atoms with van der Waals surface area (Å²) < 4.78 is 17.2. The summed E-state index contributed by atoms with van der Waals surface area (Å²) in [6.45, 7) is 8.46. The molecule has 7 unspecified atom stereocenters. The van der Waals surface area contributed by atoms with Crippen molar-refractivity contribution in [1.29, 1.82) is 0 Å². The predicted octanol–water partition coefficient (Wildman–Crippen LogP) is 3.17. The second kappa shape index (κ2) is 10.0. The summed E-state index contributed by atoms with van der Waals surface area (Å²) in [7, 11) is 0. The van der Waals surface area contributed by atoms with Gasteiger partial charge < -0.3 is 29.4 Å². The van der Waals surface area contributed by atoms with Crippen molar-refractivity contribution in [1.82, 2.24) is 10.3 Å². The zero-order valence-electron chi connectivity index (χ0n) is 21.3. The summed E-state index contributed by atoms with van der Waals surface area (Å²) in [5, 5.41) is 23.6. The number of carbonyl (C=O) groups excluding carboxylic acids is 2. The quantitative estimate of drug-likeness (QED) is 0.384. The number of fused-ring (bicyclic) bond motifs is 2. The molecule has 2 fully saturated rings. The van der Waals surface area contributed by atoms with E-state index in [4.69, 9.17) is 25.5 Å². The third-order valence-electron chi connectivity index (χ3n) is 7.55. The van der Waals surface area contributed by atoms with E-state index in [0.717, 1.165) is 5.56 Å². The molecule has 2 aliphatic heterocycles. The van der Waals surface area contributed by atoms with Gasteiger partial charge in [-0.3, -0.25) is 9.59 Å². The first kappa shape index (κ1) is 27.0. The van der Waals surface area contributed by atoms with Gasteiger partial charge in [-0.05, 0) is 24.6 Å². The molecule has 3 N–H and O–H groups in total. The van der Waals surface area contributed by atoms with Crippen molar-refractivity contribution in [3.8, 4) is 0 Å². The number of aliphatic hydroxyl groups excluding tert-OH is 2. The Morgan fingerprint density at radius 1 is 1.19 bits per heavy atom. The van der Waals surface area contributed by atoms with Gasteiger partial charge in [0.2, 0.25) is 5.91 Å². The number of epoxide rings is 1. The first-order valence-electron chi connectivity index (χ1n) is 12.4. The first-order chi connectivity index (χ1) is 16.8. The molecule has 1 aromatic heterocycles. The molecule has 0 radical (unpaired) electrons. The van der Waals surface area contributed by atoms with E-state index in [0.29, 0.717) is 29.8 Å². The van der Waals surface area contributed by atoms with E-state index in [-0.39, 0.29) is 24.9 Å². The number of Topliss-reactive ketones (excluding diaryl/α,β-unsaturated/α-hetero) is 1. The van der Waals surface area contributed by atoms with Gasteiger partial charge >= 0.3 is 0 Å². The van der Waals surface area contributed by atoms with Gasteiger partial charge in [-0.15, -0.1) is 0 Å². The van der Waals surface area contributed by atoms with Crippen molar-refractivity contribution in [2.75, 3.05) is 6.61 Å². The lowest BCUT2D eigenvalue weighted by Crippen LogP contribution is -2.47. The molecule has 0 spiro atoms. The third kappa shape index (κ3) is 5.45. The molecular formula is C26H35ClN2O7. The van der Waals surface area contributed by atoms with Gasteiger partial charge in [0, 0.05) is 25.7 Å². The number of benzene rings is 1. The summed E-state index contributed by atoms with van der Waals surface area (Å²) in [5.74, 6) is -1.03. The lowest BCUT2D eigenvalue weighted by Gasteiger charge is -2.34. The van der Waals surface area contributed by atoms with Crippen LogP contribution in [0, 0.1) is 18.3 Å². The lowest BCUT2D eigenvalue weighted by atomic mass is 9.74. The van der Waals surface area contributed by atoms with E-state index >= 15 is 0 Å². The number of alkyl halides is 1. The van der Waals surface area contributed by atoms with Gasteiger partial charge in [0.25, 0.3) is 0 Å². The fourth-order valence-electron chi connectivity index (χ4n) is 4.89. The maximum Gasteiger partial charge on any atom is 0.223 e. The summed E-state index contributed by atoms with van der Waals surface area (Å²) >= 11 is 6.66. The van der Waals surface area contributed by atoms with Crippen LogP contribution in [0.2, 0.25) is 0 Å². The van der Waals surface area contributed by atoms with Gasteiger partial charge in [-0.25, -0.2) is 4.98 Å². The molecule has 1 amide bonds. The average Bonchev–Trinajstić information content (AvgIpc) is 3.28. The topological polar surface area (TPSA) is 134 Å². The zero-order valence-corrected chi connectivity index (χ0v) is 22.0. The van der Waals surface area contributed by atoms with Gasteiger partial charge in [0.05, 0.1) is 42.8 Å². The molecule has 3 heterocycles. The summed E-state index contributed by atoms with van der Waals surface area (Å²) in [4.78, 5) is 30.6. The minimum Gasteiger partial charge on any atom is -0.441 e. The average molecular weight is 523 g/mol. The Kier molecular flexibility index (Phi) is 7.52. The highest BCUT2D eigenvalue weighted by molar-refractivity contribution is 6.25. The van der Waals surface area contributed by atoms with Gasteiger partial charge in [-0.2, -0.15) is 0 Å². The molecule has 2 saturated heterocycles. The van der Waals surface area contributed by atoms with Crippen LogP contribution in [-0.4, -0.2) is 63.0 Å². The van der Waals surface area contributed by atoms with E-state index < -0.39 is 46.7 Å². The zero-order chi connectivity index (χ0) is 26.4. The number of halogens is 1. The Morgan fingerprint density at radius 3 is 2.64 bits per heavy atom. The SMILES string of the molecule is Cc1nc2cc(C3CC4OC4(Cl)CCOC(C)C(O)C(C)C(=O)C(C)(C)C(O)CC(=O)N3)ccc2o1. The number of aliphatic hydroxyl groups is 2. The molecule has 198 valence electrons. The van der Waals surface area contributed by atoms with E-state index in [2.05, 4.69) is 10.3 Å². The molecule has 9 nitrogen and oxygen atoms in total. The summed E-state index contributed by atoms with van der Waals surface area (Å²) in [6, 6.07) is 5.04. The third-order valence-corrected chi connectivity index (χ3v) is 8.07. The molecular weight excluding hydrogens is 488 g/mol. The minimum atomic E-state index is -1.26. The highest BCUT2D eigenvalue weighted by Gasteiger charge is 2.55. The number of hydrogen-bond donors (Lipinski definition) is 3. The molecule has 0 saturated carbocycles. The predicted molar refractivity (Wildman–Crippen MR) is 132 cm³/mol. The largest absolute Gasteiger partial charge is 0.441 e. The Balaban J connectivity index is 1.61. The maximum atomic E-state index is 13.2. The van der Waals surface area contributed by atoms with Crippen molar-refractivity contribution in [2.24, 2.45) is 11.3 Å². The number of oxazole rings is 1. The van der Waals surface area contributed by atoms with Crippen LogP contribution in [0.15, 0.2) is 22.6 Å². The number of ether oxygens (including phenoxy) is 2. The molecule has 1 aromatic carbocycles. The molecule has 7 atom stereocenters. The van der Waals surface area contributed by atoms with E-state index in [1.807, 2.05) is 12.1 Å². The van der Waals surface area contributed by atoms with Gasteiger partial charge in [-0.1, -0.05) is 38.4 Å². The fraction of sp³-hybridized carbons (Fsp3) is 0.654. The highest BCUT2D eigenvalue weighted by atomic mass is 35.5. The van der Waals surface area contributed by atoms with Crippen LogP contribution < -0.4 is 5.32 Å². The molecule has 2 aliphatic rings. The molecule has 4 rings (SSSR count). The number of aromatic nitrogens is 1. The Hall–Kier alpha value is -2.04. The van der Waals surface area contributed by atoms with E-state index in [1.165, 1.54) is 0 Å². The van der Waals surface area contributed by atoms with Crippen LogP contribution in [0.1, 0.15) is 64.5 Å². The second-order valence-corrected chi connectivity index (χ2v) is 11.3. The lowest BCUT2D eigenvalue weighted by molar-refractivity contribution is -0.146. The number of nitrogens with one attached hydrogen (secondary N) is 1. The number of amides is 1. The smallest absolute Gasteiger partial charge is 0.223 e. The number of carbonyl (C=O) groups is 2.